The largest absolute Gasteiger partial charge is 0.368 e. The molecule has 0 aliphatic carbocycles. The smallest absolute Gasteiger partial charge is 0.325 e. The Morgan fingerprint density at radius 1 is 1.06 bits per heavy atom. The van der Waals surface area contributed by atoms with Gasteiger partial charge in [-0.1, -0.05) is 39.0 Å². The zero-order chi connectivity index (χ0) is 11.6. The van der Waals surface area contributed by atoms with Crippen molar-refractivity contribution in [3.8, 4) is 0 Å². The number of unbranched alkanes of at least 4 members (excludes halogenated alkanes) is 5. The molecule has 16 heavy (non-hydrogen) atoms. The summed E-state index contributed by atoms with van der Waals surface area (Å²) in [4.78, 5) is 16.7. The van der Waals surface area contributed by atoms with E-state index in [0.717, 1.165) is 38.8 Å². The Bertz CT molecular complexity index is 188. The van der Waals surface area contributed by atoms with Crippen LogP contribution in [0.4, 0.5) is 0 Å². The van der Waals surface area contributed by atoms with E-state index in [0.29, 0.717) is 6.42 Å². The number of hydroxylamine groups is 2. The third-order valence-corrected chi connectivity index (χ3v) is 3.03. The minimum atomic E-state index is -0.0441. The standard InChI is InChI=1S/C13H25NO2/c1-2-3-4-5-6-7-10-13(15)16-14-11-8-9-12-14/h2-12H2,1H3. The Balaban J connectivity index is 1.89. The molecule has 0 radical (unpaired) electrons. The van der Waals surface area contributed by atoms with Gasteiger partial charge < -0.3 is 4.84 Å². The molecule has 1 aliphatic rings. The predicted octanol–water partition coefficient (Wildman–Crippen LogP) is 3.29. The van der Waals surface area contributed by atoms with Crippen LogP contribution in [0.1, 0.15) is 64.7 Å². The highest BCUT2D eigenvalue weighted by atomic mass is 16.7. The molecule has 0 bridgehead atoms. The van der Waals surface area contributed by atoms with Crippen molar-refractivity contribution in [1.29, 1.82) is 0 Å². The van der Waals surface area contributed by atoms with Crippen LogP contribution in [0.5, 0.6) is 0 Å². The van der Waals surface area contributed by atoms with Gasteiger partial charge in [0, 0.05) is 19.5 Å². The average molecular weight is 227 g/mol. The van der Waals surface area contributed by atoms with Gasteiger partial charge in [-0.3, -0.25) is 4.79 Å². The first-order valence-corrected chi connectivity index (χ1v) is 6.78. The topological polar surface area (TPSA) is 29.5 Å². The van der Waals surface area contributed by atoms with Gasteiger partial charge in [-0.05, 0) is 19.3 Å². The van der Waals surface area contributed by atoms with Crippen molar-refractivity contribution in [1.82, 2.24) is 5.06 Å². The van der Waals surface area contributed by atoms with Crippen molar-refractivity contribution in [2.75, 3.05) is 13.1 Å². The van der Waals surface area contributed by atoms with Crippen molar-refractivity contribution >= 4 is 5.97 Å². The van der Waals surface area contributed by atoms with Gasteiger partial charge in [0.05, 0.1) is 0 Å². The quantitative estimate of drug-likeness (QED) is 0.596. The minimum absolute atomic E-state index is 0.0441. The van der Waals surface area contributed by atoms with Gasteiger partial charge in [-0.25, -0.2) is 0 Å². The Labute approximate surface area is 99.1 Å². The van der Waals surface area contributed by atoms with Crippen LogP contribution in [0.3, 0.4) is 0 Å². The summed E-state index contributed by atoms with van der Waals surface area (Å²) in [6, 6.07) is 0. The molecule has 1 aliphatic heterocycles. The van der Waals surface area contributed by atoms with Gasteiger partial charge in [0.1, 0.15) is 0 Å². The lowest BCUT2D eigenvalue weighted by Gasteiger charge is -2.13. The molecule has 0 N–H and O–H groups in total. The summed E-state index contributed by atoms with van der Waals surface area (Å²) in [5.74, 6) is -0.0441. The molecule has 0 spiro atoms. The van der Waals surface area contributed by atoms with Crippen LogP contribution < -0.4 is 0 Å². The molecule has 0 amide bonds. The maximum atomic E-state index is 11.4. The maximum Gasteiger partial charge on any atom is 0.325 e. The minimum Gasteiger partial charge on any atom is -0.368 e. The molecule has 94 valence electrons. The van der Waals surface area contributed by atoms with Crippen molar-refractivity contribution < 1.29 is 9.63 Å². The average Bonchev–Trinajstić information content (AvgIpc) is 2.76. The summed E-state index contributed by atoms with van der Waals surface area (Å²) in [5, 5.41) is 1.80. The molecule has 0 atom stereocenters. The summed E-state index contributed by atoms with van der Waals surface area (Å²) in [6.07, 6.45) is 10.2. The molecule has 0 aromatic carbocycles. The molecule has 0 unspecified atom stereocenters. The maximum absolute atomic E-state index is 11.4. The lowest BCUT2D eigenvalue weighted by atomic mass is 10.1. The van der Waals surface area contributed by atoms with Gasteiger partial charge in [0.2, 0.25) is 0 Å². The van der Waals surface area contributed by atoms with Crippen molar-refractivity contribution in [3.05, 3.63) is 0 Å². The van der Waals surface area contributed by atoms with Crippen molar-refractivity contribution in [2.24, 2.45) is 0 Å². The molecule has 3 nitrogen and oxygen atoms in total. The van der Waals surface area contributed by atoms with E-state index in [9.17, 15) is 4.79 Å². The van der Waals surface area contributed by atoms with Gasteiger partial charge in [-0.2, -0.15) is 0 Å². The summed E-state index contributed by atoms with van der Waals surface area (Å²) in [6.45, 7) is 4.05. The summed E-state index contributed by atoms with van der Waals surface area (Å²) >= 11 is 0. The van der Waals surface area contributed by atoms with Gasteiger partial charge >= 0.3 is 5.97 Å². The highest BCUT2D eigenvalue weighted by Crippen LogP contribution is 2.11. The summed E-state index contributed by atoms with van der Waals surface area (Å²) in [7, 11) is 0. The van der Waals surface area contributed by atoms with Crippen LogP contribution in [0.2, 0.25) is 0 Å². The van der Waals surface area contributed by atoms with Crippen molar-refractivity contribution in [3.63, 3.8) is 0 Å². The molecule has 1 fully saturated rings. The van der Waals surface area contributed by atoms with E-state index in [-0.39, 0.29) is 5.97 Å². The Hall–Kier alpha value is -0.570. The molecular formula is C13H25NO2. The number of nitrogens with zero attached hydrogens (tertiary/aromatic N) is 1. The molecule has 0 aromatic rings. The van der Waals surface area contributed by atoms with Crippen LogP contribution in [0.15, 0.2) is 0 Å². The molecule has 0 aromatic heterocycles. The van der Waals surface area contributed by atoms with Crippen molar-refractivity contribution in [2.45, 2.75) is 64.7 Å². The second-order valence-corrected chi connectivity index (χ2v) is 4.62. The fourth-order valence-electron chi connectivity index (χ4n) is 2.02. The van der Waals surface area contributed by atoms with E-state index >= 15 is 0 Å². The zero-order valence-corrected chi connectivity index (χ0v) is 10.5. The zero-order valence-electron chi connectivity index (χ0n) is 10.5. The van der Waals surface area contributed by atoms with Crippen LogP contribution in [-0.4, -0.2) is 24.1 Å². The fraction of sp³-hybridized carbons (Fsp3) is 0.923. The monoisotopic (exact) mass is 227 g/mol. The van der Waals surface area contributed by atoms with Crippen LogP contribution in [0.25, 0.3) is 0 Å². The van der Waals surface area contributed by atoms with Gasteiger partial charge in [0.15, 0.2) is 0 Å². The normalized spacial score (nSPS) is 16.6. The fourth-order valence-corrected chi connectivity index (χ4v) is 2.02. The molecule has 1 heterocycles. The first-order chi connectivity index (χ1) is 7.83. The highest BCUT2D eigenvalue weighted by molar-refractivity contribution is 5.68. The molecular weight excluding hydrogens is 202 g/mol. The molecule has 1 rings (SSSR count). The van der Waals surface area contributed by atoms with Gasteiger partial charge in [-0.15, -0.1) is 5.06 Å². The van der Waals surface area contributed by atoms with E-state index in [2.05, 4.69) is 6.92 Å². The van der Waals surface area contributed by atoms with E-state index < -0.39 is 0 Å². The lowest BCUT2D eigenvalue weighted by molar-refractivity contribution is -0.185. The van der Waals surface area contributed by atoms with E-state index in [1.807, 2.05) is 0 Å². The molecule has 3 heteroatoms. The summed E-state index contributed by atoms with van der Waals surface area (Å²) < 4.78 is 0. The second-order valence-electron chi connectivity index (χ2n) is 4.62. The third-order valence-electron chi connectivity index (χ3n) is 3.03. The first kappa shape index (κ1) is 13.5. The third kappa shape index (κ3) is 6.11. The number of hydrogen-bond donors (Lipinski definition) is 0. The van der Waals surface area contributed by atoms with Crippen LogP contribution in [0, 0.1) is 0 Å². The van der Waals surface area contributed by atoms with Gasteiger partial charge in [0.25, 0.3) is 0 Å². The summed E-state index contributed by atoms with van der Waals surface area (Å²) in [5.41, 5.74) is 0. The first-order valence-electron chi connectivity index (χ1n) is 6.78. The number of carbonyl (C=O) groups excluding carboxylic acids is 1. The molecule has 0 saturated carbocycles. The van der Waals surface area contributed by atoms with E-state index in [4.69, 9.17) is 4.84 Å². The molecule has 1 saturated heterocycles. The number of carbonyl (C=O) groups is 1. The SMILES string of the molecule is CCCCCCCCC(=O)ON1CCCC1. The number of rotatable bonds is 8. The van der Waals surface area contributed by atoms with E-state index in [1.165, 1.54) is 25.7 Å². The highest BCUT2D eigenvalue weighted by Gasteiger charge is 2.15. The van der Waals surface area contributed by atoms with Crippen LogP contribution >= 0.6 is 0 Å². The van der Waals surface area contributed by atoms with Crippen LogP contribution in [-0.2, 0) is 9.63 Å². The Morgan fingerprint density at radius 2 is 1.69 bits per heavy atom. The predicted molar refractivity (Wildman–Crippen MR) is 64.9 cm³/mol. The second kappa shape index (κ2) is 8.57. The number of hydrogen-bond acceptors (Lipinski definition) is 3. The Kier molecular flexibility index (Phi) is 7.23. The lowest BCUT2D eigenvalue weighted by Crippen LogP contribution is -2.23. The Morgan fingerprint density at radius 3 is 2.38 bits per heavy atom. The van der Waals surface area contributed by atoms with E-state index in [1.54, 1.807) is 5.06 Å².